The number of anilines is 1. The molecule has 0 bridgehead atoms. The standard InChI is InChI=1S/C20H19N5O3S/c1-2-15(23-24-19(29)21-13-9-5-3-6-10-13)16-17(26)22-20(28)25(18(16)27)14-11-7-4-8-12-14/h3-12,27H,2H2,1H3,(H2,21,24,29)(H,22,26,28)/b23-15+. The van der Waals surface area contributed by atoms with Gasteiger partial charge in [-0.25, -0.2) is 9.36 Å². The molecule has 0 saturated carbocycles. The van der Waals surface area contributed by atoms with Crippen molar-refractivity contribution in [1.82, 2.24) is 15.0 Å². The van der Waals surface area contributed by atoms with E-state index in [-0.39, 0.29) is 16.4 Å². The Labute approximate surface area is 171 Å². The molecule has 0 aliphatic carbocycles. The first-order valence-corrected chi connectivity index (χ1v) is 9.24. The summed E-state index contributed by atoms with van der Waals surface area (Å²) in [5.74, 6) is -0.491. The lowest BCUT2D eigenvalue weighted by Gasteiger charge is -2.13. The molecule has 1 aromatic heterocycles. The normalized spacial score (nSPS) is 11.1. The van der Waals surface area contributed by atoms with Crippen LogP contribution in [0.4, 0.5) is 5.69 Å². The summed E-state index contributed by atoms with van der Waals surface area (Å²) >= 11 is 5.21. The van der Waals surface area contributed by atoms with Gasteiger partial charge in [-0.3, -0.25) is 15.2 Å². The molecule has 0 fully saturated rings. The molecule has 29 heavy (non-hydrogen) atoms. The van der Waals surface area contributed by atoms with E-state index in [2.05, 4.69) is 20.8 Å². The van der Waals surface area contributed by atoms with Crippen molar-refractivity contribution in [2.24, 2.45) is 5.10 Å². The highest BCUT2D eigenvalue weighted by molar-refractivity contribution is 7.80. The molecule has 1 heterocycles. The quantitative estimate of drug-likeness (QED) is 0.292. The molecular formula is C20H19N5O3S. The lowest BCUT2D eigenvalue weighted by atomic mass is 10.1. The Morgan fingerprint density at radius 3 is 2.34 bits per heavy atom. The summed E-state index contributed by atoms with van der Waals surface area (Å²) in [5.41, 5.74) is 2.51. The number of para-hydroxylation sites is 2. The minimum Gasteiger partial charge on any atom is -0.493 e. The van der Waals surface area contributed by atoms with Gasteiger partial charge in [-0.2, -0.15) is 5.10 Å². The molecule has 0 atom stereocenters. The SMILES string of the molecule is CC/C(=N\NC(=S)Nc1ccccc1)c1c(O)n(-c2ccccc2)c(=O)[nH]c1=O. The molecule has 0 saturated heterocycles. The van der Waals surface area contributed by atoms with E-state index in [0.29, 0.717) is 12.1 Å². The smallest absolute Gasteiger partial charge is 0.335 e. The fourth-order valence-corrected chi connectivity index (χ4v) is 2.88. The number of rotatable bonds is 5. The van der Waals surface area contributed by atoms with E-state index in [1.54, 1.807) is 37.3 Å². The van der Waals surface area contributed by atoms with Crippen LogP contribution in [0.5, 0.6) is 5.88 Å². The highest BCUT2D eigenvalue weighted by atomic mass is 32.1. The predicted molar refractivity (Wildman–Crippen MR) is 117 cm³/mol. The van der Waals surface area contributed by atoms with Crippen LogP contribution < -0.4 is 22.0 Å². The van der Waals surface area contributed by atoms with Gasteiger partial charge in [0.2, 0.25) is 5.88 Å². The molecule has 0 aliphatic rings. The molecular weight excluding hydrogens is 390 g/mol. The zero-order valence-corrected chi connectivity index (χ0v) is 16.4. The highest BCUT2D eigenvalue weighted by Gasteiger charge is 2.19. The Bertz CT molecular complexity index is 1150. The van der Waals surface area contributed by atoms with E-state index in [4.69, 9.17) is 12.2 Å². The third-order valence-corrected chi connectivity index (χ3v) is 4.24. The summed E-state index contributed by atoms with van der Waals surface area (Å²) < 4.78 is 1.02. The van der Waals surface area contributed by atoms with E-state index in [1.807, 2.05) is 30.3 Å². The number of thiocarbonyl (C=S) groups is 1. The van der Waals surface area contributed by atoms with Crippen molar-refractivity contribution in [2.75, 3.05) is 5.32 Å². The third-order valence-electron chi connectivity index (χ3n) is 4.05. The lowest BCUT2D eigenvalue weighted by molar-refractivity contribution is 0.429. The number of hydrogen-bond acceptors (Lipinski definition) is 5. The number of nitrogens with one attached hydrogen (secondary N) is 3. The van der Waals surface area contributed by atoms with Crippen molar-refractivity contribution in [3.63, 3.8) is 0 Å². The summed E-state index contributed by atoms with van der Waals surface area (Å²) in [6.45, 7) is 1.77. The molecule has 9 heteroatoms. The van der Waals surface area contributed by atoms with Gasteiger partial charge in [0.05, 0.1) is 11.4 Å². The summed E-state index contributed by atoms with van der Waals surface area (Å²) in [5, 5.41) is 18.0. The Morgan fingerprint density at radius 1 is 1.10 bits per heavy atom. The summed E-state index contributed by atoms with van der Waals surface area (Å²) in [6.07, 6.45) is 0.310. The molecule has 0 aliphatic heterocycles. The molecule has 0 radical (unpaired) electrons. The number of aromatic nitrogens is 2. The van der Waals surface area contributed by atoms with Crippen molar-refractivity contribution >= 4 is 28.7 Å². The molecule has 3 rings (SSSR count). The van der Waals surface area contributed by atoms with Crippen molar-refractivity contribution in [2.45, 2.75) is 13.3 Å². The Balaban J connectivity index is 1.95. The van der Waals surface area contributed by atoms with Gasteiger partial charge in [-0.05, 0) is 42.9 Å². The number of benzene rings is 2. The van der Waals surface area contributed by atoms with Gasteiger partial charge in [0, 0.05) is 5.69 Å². The largest absolute Gasteiger partial charge is 0.493 e. The summed E-state index contributed by atoms with van der Waals surface area (Å²) in [7, 11) is 0. The summed E-state index contributed by atoms with van der Waals surface area (Å²) in [4.78, 5) is 26.9. The topological polar surface area (TPSA) is 112 Å². The first-order valence-electron chi connectivity index (χ1n) is 8.84. The van der Waals surface area contributed by atoms with Crippen LogP contribution >= 0.6 is 12.2 Å². The second-order valence-corrected chi connectivity index (χ2v) is 6.38. The fraction of sp³-hybridized carbons (Fsp3) is 0.100. The molecule has 0 amide bonds. The van der Waals surface area contributed by atoms with E-state index in [9.17, 15) is 14.7 Å². The van der Waals surface area contributed by atoms with Gasteiger partial charge in [0.25, 0.3) is 5.56 Å². The number of H-pyrrole nitrogens is 1. The number of aromatic hydroxyl groups is 1. The number of hydrazone groups is 1. The van der Waals surface area contributed by atoms with E-state index < -0.39 is 17.1 Å². The second-order valence-electron chi connectivity index (χ2n) is 5.97. The number of nitrogens with zero attached hydrogens (tertiary/aromatic N) is 2. The molecule has 3 aromatic rings. The zero-order chi connectivity index (χ0) is 20.8. The van der Waals surface area contributed by atoms with Gasteiger partial charge in [0.1, 0.15) is 5.56 Å². The van der Waals surface area contributed by atoms with Gasteiger partial charge in [-0.15, -0.1) is 0 Å². The lowest BCUT2D eigenvalue weighted by Crippen LogP contribution is -2.34. The minimum absolute atomic E-state index is 0.106. The first kappa shape index (κ1) is 20.0. The second kappa shape index (κ2) is 8.98. The van der Waals surface area contributed by atoms with Crippen LogP contribution in [0.15, 0.2) is 75.4 Å². The number of hydrogen-bond donors (Lipinski definition) is 4. The molecule has 0 spiro atoms. The average Bonchev–Trinajstić information content (AvgIpc) is 2.71. The van der Waals surface area contributed by atoms with Crippen LogP contribution in [0.3, 0.4) is 0 Å². The summed E-state index contributed by atoms with van der Waals surface area (Å²) in [6, 6.07) is 17.8. The molecule has 148 valence electrons. The maximum Gasteiger partial charge on any atom is 0.335 e. The minimum atomic E-state index is -0.743. The first-order chi connectivity index (χ1) is 14.0. The van der Waals surface area contributed by atoms with Crippen LogP contribution in [0, 0.1) is 0 Å². The monoisotopic (exact) mass is 409 g/mol. The van der Waals surface area contributed by atoms with Gasteiger partial charge >= 0.3 is 5.69 Å². The van der Waals surface area contributed by atoms with E-state index in [0.717, 1.165) is 10.3 Å². The Kier molecular flexibility index (Phi) is 6.20. The Hall–Kier alpha value is -3.72. The van der Waals surface area contributed by atoms with Crippen LogP contribution in [-0.4, -0.2) is 25.5 Å². The van der Waals surface area contributed by atoms with Crippen LogP contribution in [0.25, 0.3) is 5.69 Å². The van der Waals surface area contributed by atoms with Crippen molar-refractivity contribution in [3.8, 4) is 11.6 Å². The highest BCUT2D eigenvalue weighted by Crippen LogP contribution is 2.17. The molecule has 0 unspecified atom stereocenters. The van der Waals surface area contributed by atoms with Crippen LogP contribution in [0.2, 0.25) is 0 Å². The maximum absolute atomic E-state index is 12.4. The third kappa shape index (κ3) is 4.58. The molecule has 8 nitrogen and oxygen atoms in total. The van der Waals surface area contributed by atoms with Crippen molar-refractivity contribution in [3.05, 3.63) is 87.1 Å². The zero-order valence-electron chi connectivity index (χ0n) is 15.5. The van der Waals surface area contributed by atoms with Crippen molar-refractivity contribution < 1.29 is 5.11 Å². The van der Waals surface area contributed by atoms with Crippen LogP contribution in [0.1, 0.15) is 18.9 Å². The van der Waals surface area contributed by atoms with E-state index in [1.165, 1.54) is 0 Å². The fourth-order valence-electron chi connectivity index (χ4n) is 2.71. The van der Waals surface area contributed by atoms with Gasteiger partial charge in [0.15, 0.2) is 5.11 Å². The van der Waals surface area contributed by atoms with Gasteiger partial charge < -0.3 is 10.4 Å². The van der Waals surface area contributed by atoms with Gasteiger partial charge in [-0.1, -0.05) is 43.3 Å². The number of aromatic amines is 1. The van der Waals surface area contributed by atoms with E-state index >= 15 is 0 Å². The van der Waals surface area contributed by atoms with Crippen molar-refractivity contribution in [1.29, 1.82) is 0 Å². The maximum atomic E-state index is 12.4. The molecule has 2 aromatic carbocycles. The predicted octanol–water partition coefficient (Wildman–Crippen LogP) is 2.33. The van der Waals surface area contributed by atoms with Crippen LogP contribution in [-0.2, 0) is 0 Å². The Morgan fingerprint density at radius 2 is 1.72 bits per heavy atom. The average molecular weight is 409 g/mol. The molecule has 4 N–H and O–H groups in total.